The lowest BCUT2D eigenvalue weighted by Gasteiger charge is -2.53. The van der Waals surface area contributed by atoms with Crippen molar-refractivity contribution >= 4 is 82.8 Å². The molecule has 0 amide bonds. The summed E-state index contributed by atoms with van der Waals surface area (Å²) in [7, 11) is 0. The molecule has 1 fully saturated rings. The van der Waals surface area contributed by atoms with E-state index in [1.165, 1.54) is 124 Å². The van der Waals surface area contributed by atoms with Gasteiger partial charge < -0.3 is 9.71 Å². The first kappa shape index (κ1) is 36.5. The maximum atomic E-state index is 2.92. The first-order chi connectivity index (χ1) is 28.8. The Morgan fingerprint density at radius 1 is 0.567 bits per heavy atom. The predicted octanol–water partition coefficient (Wildman–Crippen LogP) is 14.4. The second-order valence-electron chi connectivity index (χ2n) is 20.9. The van der Waals surface area contributed by atoms with Crippen LogP contribution >= 0.6 is 11.3 Å². The van der Waals surface area contributed by atoms with Gasteiger partial charge in [-0.3, -0.25) is 0 Å². The fourth-order valence-corrected chi connectivity index (χ4v) is 13.1. The van der Waals surface area contributed by atoms with Crippen LogP contribution in [-0.2, 0) is 16.2 Å². The monoisotopic (exact) mass is 796 g/mol. The van der Waals surface area contributed by atoms with E-state index in [-0.39, 0.29) is 28.6 Å². The molecule has 4 heterocycles. The van der Waals surface area contributed by atoms with Gasteiger partial charge in [0.1, 0.15) is 0 Å². The van der Waals surface area contributed by atoms with Gasteiger partial charge in [0, 0.05) is 64.8 Å². The molecule has 2 nitrogen and oxygen atoms in total. The molecule has 0 saturated heterocycles. The Morgan fingerprint density at radius 3 is 2.07 bits per heavy atom. The molecule has 12 rings (SSSR count). The molecule has 0 N–H and O–H groups in total. The van der Waals surface area contributed by atoms with E-state index in [9.17, 15) is 0 Å². The minimum atomic E-state index is -0.0637. The fraction of sp³-hybridized carbons (Fsp3) is 0.286. The summed E-state index contributed by atoms with van der Waals surface area (Å²) in [6, 6.07) is 49.8. The highest BCUT2D eigenvalue weighted by Crippen LogP contribution is 2.63. The van der Waals surface area contributed by atoms with Crippen LogP contribution in [0.25, 0.3) is 53.2 Å². The summed E-state index contributed by atoms with van der Waals surface area (Å²) in [5.41, 5.74) is 17.9. The number of benzene rings is 7. The third-order valence-electron chi connectivity index (χ3n) is 15.5. The molecule has 1 aliphatic carbocycles. The topological polar surface area (TPSA) is 6.48 Å². The number of hydrogen-bond donors (Lipinski definition) is 0. The van der Waals surface area contributed by atoms with Gasteiger partial charge in [0.15, 0.2) is 0 Å². The summed E-state index contributed by atoms with van der Waals surface area (Å²) in [6.45, 7) is 19.5. The van der Waals surface area contributed by atoms with Crippen LogP contribution < -0.4 is 20.6 Å². The van der Waals surface area contributed by atoms with Crippen molar-refractivity contribution in [3.8, 4) is 22.3 Å². The summed E-state index contributed by atoms with van der Waals surface area (Å²) in [6.07, 6.45) is 4.92. The molecular formula is C56H53BN2S. The molecule has 0 radical (unpaired) electrons. The van der Waals surface area contributed by atoms with Crippen LogP contribution in [0.1, 0.15) is 97.8 Å². The Hall–Kier alpha value is -5.32. The summed E-state index contributed by atoms with van der Waals surface area (Å²) >= 11 is 1.93. The van der Waals surface area contributed by atoms with Gasteiger partial charge in [0.25, 0.3) is 0 Å². The van der Waals surface area contributed by atoms with Gasteiger partial charge >= 0.3 is 6.85 Å². The van der Waals surface area contributed by atoms with Crippen molar-refractivity contribution in [2.75, 3.05) is 9.71 Å². The van der Waals surface area contributed by atoms with Crippen LogP contribution in [-0.4, -0.2) is 12.4 Å². The standard InChI is InChI=1S/C56H53BN2S/c1-53(2,3)36-24-25-46(40(29-36)34-18-10-9-11-19-34)59-47-32-42-39-22-14-15-23-48(39)60-49(42)33-41(47)43-28-35-20-12-13-21-38(35)51-50(43)57(59)45-31-37(54(4,5)6)30-44-52(45)58(51)56(8)27-17-16-26-55(44,56)7/h9-15,18-25,28-33H,16-17,26-27H2,1-8H3. The molecule has 8 aromatic rings. The molecule has 1 aromatic heterocycles. The molecule has 7 aromatic carbocycles. The van der Waals surface area contributed by atoms with E-state index < -0.39 is 0 Å². The first-order valence-electron chi connectivity index (χ1n) is 22.3. The Morgan fingerprint density at radius 2 is 1.28 bits per heavy atom. The zero-order chi connectivity index (χ0) is 41.1. The normalized spacial score (nSPS) is 20.4. The molecule has 0 bridgehead atoms. The van der Waals surface area contributed by atoms with Gasteiger partial charge in [-0.05, 0) is 111 Å². The summed E-state index contributed by atoms with van der Waals surface area (Å²) in [4.78, 5) is 5.73. The number of anilines is 4. The van der Waals surface area contributed by atoms with E-state index in [0.717, 1.165) is 0 Å². The van der Waals surface area contributed by atoms with E-state index in [1.54, 1.807) is 5.56 Å². The highest BCUT2D eigenvalue weighted by atomic mass is 32.1. The van der Waals surface area contributed by atoms with Crippen molar-refractivity contribution in [1.82, 2.24) is 0 Å². The van der Waals surface area contributed by atoms with E-state index in [2.05, 4.69) is 192 Å². The second-order valence-corrected chi connectivity index (χ2v) is 21.9. The van der Waals surface area contributed by atoms with Crippen molar-refractivity contribution in [3.05, 3.63) is 144 Å². The predicted molar refractivity (Wildman–Crippen MR) is 262 cm³/mol. The van der Waals surface area contributed by atoms with Crippen molar-refractivity contribution in [2.24, 2.45) is 0 Å². The number of thiophene rings is 1. The largest absolute Gasteiger partial charge is 0.376 e. The third kappa shape index (κ3) is 4.77. The van der Waals surface area contributed by atoms with Gasteiger partial charge in [-0.2, -0.15) is 0 Å². The Bertz CT molecular complexity index is 3130. The van der Waals surface area contributed by atoms with Crippen molar-refractivity contribution < 1.29 is 0 Å². The summed E-state index contributed by atoms with van der Waals surface area (Å²) in [5, 5.41) is 5.37. The van der Waals surface area contributed by atoms with E-state index in [0.29, 0.717) is 0 Å². The van der Waals surface area contributed by atoms with E-state index in [4.69, 9.17) is 0 Å². The smallest absolute Gasteiger partial charge is 0.333 e. The number of fused-ring (bicyclic) bond motifs is 12. The average molecular weight is 797 g/mol. The molecular weight excluding hydrogens is 744 g/mol. The lowest BCUT2D eigenvalue weighted by molar-refractivity contribution is 0.195. The molecule has 0 spiro atoms. The maximum Gasteiger partial charge on any atom is 0.333 e. The van der Waals surface area contributed by atoms with Crippen LogP contribution in [0.2, 0.25) is 0 Å². The van der Waals surface area contributed by atoms with Crippen LogP contribution in [0.15, 0.2) is 127 Å². The SMILES string of the molecule is CC(C)(C)c1ccc(N2B3c4cc(C(C)(C)C)cc5c4N(c4c3c(cc3ccccc43)-c3cc4sc6ccccc6c4cc32)C2(C)CCCCC52C)c(-c2ccccc2)c1. The molecule has 4 heteroatoms. The molecule has 2 atom stereocenters. The zero-order valence-electron chi connectivity index (χ0n) is 36.3. The van der Waals surface area contributed by atoms with E-state index >= 15 is 0 Å². The van der Waals surface area contributed by atoms with Gasteiger partial charge in [-0.1, -0.05) is 152 Å². The lowest BCUT2D eigenvalue weighted by atomic mass is 9.42. The lowest BCUT2D eigenvalue weighted by Crippen LogP contribution is -2.64. The number of nitrogens with zero attached hydrogens (tertiary/aromatic N) is 2. The van der Waals surface area contributed by atoms with E-state index in [1.807, 2.05) is 11.3 Å². The quantitative estimate of drug-likeness (QED) is 0.161. The van der Waals surface area contributed by atoms with Crippen LogP contribution in [0, 0.1) is 0 Å². The Balaban J connectivity index is 1.29. The van der Waals surface area contributed by atoms with Crippen LogP contribution in [0.4, 0.5) is 22.7 Å². The molecule has 3 aliphatic heterocycles. The minimum absolute atomic E-state index is 0.00328. The molecule has 2 unspecified atom stereocenters. The second kappa shape index (κ2) is 12.2. The Labute approximate surface area is 360 Å². The van der Waals surface area contributed by atoms with Gasteiger partial charge in [-0.25, -0.2) is 0 Å². The molecule has 296 valence electrons. The average Bonchev–Trinajstić information content (AvgIpc) is 3.70. The molecule has 60 heavy (non-hydrogen) atoms. The van der Waals surface area contributed by atoms with Gasteiger partial charge in [0.2, 0.25) is 0 Å². The van der Waals surface area contributed by atoms with Gasteiger partial charge in [0.05, 0.1) is 5.54 Å². The highest BCUT2D eigenvalue weighted by molar-refractivity contribution is 7.25. The summed E-state index contributed by atoms with van der Waals surface area (Å²) in [5.74, 6) is 0. The zero-order valence-corrected chi connectivity index (χ0v) is 37.1. The molecule has 1 saturated carbocycles. The Kier molecular flexibility index (Phi) is 7.41. The number of hydrogen-bond acceptors (Lipinski definition) is 3. The van der Waals surface area contributed by atoms with Crippen LogP contribution in [0.5, 0.6) is 0 Å². The highest BCUT2D eigenvalue weighted by Gasteiger charge is 2.62. The first-order valence-corrected chi connectivity index (χ1v) is 23.1. The minimum Gasteiger partial charge on any atom is -0.376 e. The molecule has 4 aliphatic rings. The number of rotatable bonds is 2. The summed E-state index contributed by atoms with van der Waals surface area (Å²) < 4.78 is 2.69. The van der Waals surface area contributed by atoms with Crippen molar-refractivity contribution in [2.45, 2.75) is 103 Å². The van der Waals surface area contributed by atoms with Crippen molar-refractivity contribution in [3.63, 3.8) is 0 Å². The van der Waals surface area contributed by atoms with Crippen LogP contribution in [0.3, 0.4) is 0 Å². The third-order valence-corrected chi connectivity index (χ3v) is 16.6. The van der Waals surface area contributed by atoms with Crippen molar-refractivity contribution in [1.29, 1.82) is 0 Å². The maximum absolute atomic E-state index is 2.92. The van der Waals surface area contributed by atoms with Gasteiger partial charge in [-0.15, -0.1) is 11.3 Å². The fourth-order valence-electron chi connectivity index (χ4n) is 12.0.